The third-order valence-electron chi connectivity index (χ3n) is 7.14. The van der Waals surface area contributed by atoms with Gasteiger partial charge in [0.05, 0.1) is 16.5 Å². The Morgan fingerprint density at radius 1 is 0.925 bits per heavy atom. The lowest BCUT2D eigenvalue weighted by Crippen LogP contribution is -2.35. The zero-order chi connectivity index (χ0) is 27.8. The van der Waals surface area contributed by atoms with E-state index in [1.54, 1.807) is 28.8 Å². The van der Waals surface area contributed by atoms with Crippen LogP contribution in [0.2, 0.25) is 0 Å². The predicted octanol–water partition coefficient (Wildman–Crippen LogP) is 4.28. The molecule has 6 rings (SSSR count). The number of rotatable bonds is 7. The van der Waals surface area contributed by atoms with E-state index < -0.39 is 23.2 Å². The molecule has 1 aromatic heterocycles. The molecule has 1 atom stereocenters. The Balaban J connectivity index is 1.52. The molecule has 0 spiro atoms. The van der Waals surface area contributed by atoms with E-state index in [1.807, 2.05) is 50.2 Å². The molecule has 1 amide bonds. The fourth-order valence-corrected chi connectivity index (χ4v) is 4.82. The van der Waals surface area contributed by atoms with Gasteiger partial charge >= 0.3 is 0 Å². The summed E-state index contributed by atoms with van der Waals surface area (Å²) in [5.74, 6) is 0.180. The molecule has 0 aliphatic carbocycles. The van der Waals surface area contributed by atoms with Crippen molar-refractivity contribution in [3.05, 3.63) is 117 Å². The Hall–Kier alpha value is -5.05. The molecule has 2 aliphatic heterocycles. The Bertz CT molecular complexity index is 1740. The summed E-state index contributed by atoms with van der Waals surface area (Å²) in [4.78, 5) is 41.3. The number of amides is 1. The van der Waals surface area contributed by atoms with Crippen LogP contribution in [0.5, 0.6) is 11.5 Å². The smallest absolute Gasteiger partial charge is 0.251 e. The van der Waals surface area contributed by atoms with Gasteiger partial charge in [0.1, 0.15) is 6.26 Å². The summed E-state index contributed by atoms with van der Waals surface area (Å²) in [5.41, 5.74) is 3.05. The number of pyridine rings is 1. The molecule has 1 N–H and O–H groups in total. The molecule has 9 heteroatoms. The van der Waals surface area contributed by atoms with E-state index in [4.69, 9.17) is 18.9 Å². The van der Waals surface area contributed by atoms with E-state index in [-0.39, 0.29) is 36.8 Å². The van der Waals surface area contributed by atoms with E-state index in [1.165, 1.54) is 12.5 Å². The maximum Gasteiger partial charge on any atom is 0.251 e. The second-order valence-corrected chi connectivity index (χ2v) is 9.68. The van der Waals surface area contributed by atoms with E-state index >= 15 is 0 Å². The summed E-state index contributed by atoms with van der Waals surface area (Å²) in [7, 11) is 0. The number of fused-ring (bicyclic) bond motifs is 2. The Kier molecular flexibility index (Phi) is 6.47. The SMILES string of the molecule is Cc1ccc(C(=O)c2cn(C(C(=O)NCc3ccccc3)C3=COCO3)c3cc4c(cc3c2=O)OCO4)cc1C. The van der Waals surface area contributed by atoms with Crippen LogP contribution in [0.1, 0.15) is 38.7 Å². The van der Waals surface area contributed by atoms with Crippen molar-refractivity contribution in [2.45, 2.75) is 26.4 Å². The van der Waals surface area contributed by atoms with Gasteiger partial charge in [-0.3, -0.25) is 14.4 Å². The van der Waals surface area contributed by atoms with Gasteiger partial charge in [0.2, 0.25) is 19.0 Å². The van der Waals surface area contributed by atoms with E-state index in [0.717, 1.165) is 16.7 Å². The number of carbonyl (C=O) groups excluding carboxylic acids is 2. The highest BCUT2D eigenvalue weighted by atomic mass is 16.7. The summed E-state index contributed by atoms with van der Waals surface area (Å²) in [6.07, 6.45) is 2.79. The third-order valence-corrected chi connectivity index (χ3v) is 7.14. The van der Waals surface area contributed by atoms with Crippen LogP contribution < -0.4 is 20.2 Å². The number of nitrogens with zero attached hydrogens (tertiary/aromatic N) is 1. The minimum absolute atomic E-state index is 0.00261. The molecule has 9 nitrogen and oxygen atoms in total. The van der Waals surface area contributed by atoms with Crippen molar-refractivity contribution in [2.75, 3.05) is 13.6 Å². The number of aromatic nitrogens is 1. The van der Waals surface area contributed by atoms with Crippen LogP contribution >= 0.6 is 0 Å². The zero-order valence-electron chi connectivity index (χ0n) is 21.9. The average molecular weight is 539 g/mol. The highest BCUT2D eigenvalue weighted by Crippen LogP contribution is 2.37. The summed E-state index contributed by atoms with van der Waals surface area (Å²) in [6.45, 7) is 4.06. The van der Waals surface area contributed by atoms with Crippen LogP contribution in [0, 0.1) is 13.8 Å². The van der Waals surface area contributed by atoms with Crippen LogP contribution in [-0.2, 0) is 20.8 Å². The summed E-state index contributed by atoms with van der Waals surface area (Å²) >= 11 is 0. The van der Waals surface area contributed by atoms with Gasteiger partial charge in [-0.25, -0.2) is 0 Å². The summed E-state index contributed by atoms with van der Waals surface area (Å²) in [5, 5.41) is 3.15. The van der Waals surface area contributed by atoms with Gasteiger partial charge in [-0.1, -0.05) is 42.5 Å². The number of carbonyl (C=O) groups is 2. The Morgan fingerprint density at radius 2 is 1.70 bits per heavy atom. The fourth-order valence-electron chi connectivity index (χ4n) is 4.82. The highest BCUT2D eigenvalue weighted by molar-refractivity contribution is 6.10. The first-order chi connectivity index (χ1) is 19.4. The quantitative estimate of drug-likeness (QED) is 0.350. The van der Waals surface area contributed by atoms with Gasteiger partial charge in [-0.05, 0) is 42.7 Å². The molecule has 3 aromatic carbocycles. The molecule has 0 saturated heterocycles. The molecule has 1 unspecified atom stereocenters. The summed E-state index contributed by atoms with van der Waals surface area (Å²) < 4.78 is 23.6. The van der Waals surface area contributed by atoms with Gasteiger partial charge in [-0.2, -0.15) is 0 Å². The minimum Gasteiger partial charge on any atom is -0.462 e. The first-order valence-corrected chi connectivity index (χ1v) is 12.8. The van der Waals surface area contributed by atoms with E-state index in [9.17, 15) is 14.4 Å². The van der Waals surface area contributed by atoms with Gasteiger partial charge in [-0.15, -0.1) is 0 Å². The molecule has 2 aliphatic rings. The predicted molar refractivity (Wildman–Crippen MR) is 146 cm³/mol. The molecule has 202 valence electrons. The van der Waals surface area contributed by atoms with Crippen LogP contribution in [0.3, 0.4) is 0 Å². The maximum absolute atomic E-state index is 13.8. The Labute approximate surface area is 229 Å². The standard InChI is InChI=1S/C31H26N2O7/c1-18-8-9-21(10-19(18)2)29(34)23-14-33(24-12-26-25(39-17-40-26)11-22(24)30(23)35)28(27-15-37-16-38-27)31(36)32-13-20-6-4-3-5-7-20/h3-12,14-15,28H,13,16-17H2,1-2H3,(H,32,36). The molecular formula is C31H26N2O7. The second-order valence-electron chi connectivity index (χ2n) is 9.68. The second kappa shape index (κ2) is 10.3. The number of ketones is 1. The van der Waals surface area contributed by atoms with E-state index in [2.05, 4.69) is 5.32 Å². The molecule has 0 fully saturated rings. The molecule has 3 heterocycles. The minimum atomic E-state index is -1.08. The largest absolute Gasteiger partial charge is 0.462 e. The van der Waals surface area contributed by atoms with Gasteiger partial charge in [0.25, 0.3) is 5.91 Å². The van der Waals surface area contributed by atoms with Crippen molar-refractivity contribution in [3.63, 3.8) is 0 Å². The first kappa shape index (κ1) is 25.2. The van der Waals surface area contributed by atoms with E-state index in [0.29, 0.717) is 22.6 Å². The average Bonchev–Trinajstić information content (AvgIpc) is 3.66. The maximum atomic E-state index is 13.8. The van der Waals surface area contributed by atoms with Crippen LogP contribution in [0.15, 0.2) is 83.7 Å². The van der Waals surface area contributed by atoms with Crippen molar-refractivity contribution in [1.29, 1.82) is 0 Å². The summed E-state index contributed by atoms with van der Waals surface area (Å²) in [6, 6.07) is 16.9. The number of ether oxygens (including phenoxy) is 4. The first-order valence-electron chi connectivity index (χ1n) is 12.8. The number of hydrogen-bond donors (Lipinski definition) is 1. The van der Waals surface area contributed by atoms with Crippen LogP contribution in [-0.4, -0.2) is 29.8 Å². The zero-order valence-corrected chi connectivity index (χ0v) is 21.9. The molecular weight excluding hydrogens is 512 g/mol. The monoisotopic (exact) mass is 538 g/mol. The number of hydrogen-bond acceptors (Lipinski definition) is 7. The van der Waals surface area contributed by atoms with Crippen LogP contribution in [0.4, 0.5) is 0 Å². The fraction of sp³-hybridized carbons (Fsp3) is 0.194. The van der Waals surface area contributed by atoms with Gasteiger partial charge in [0, 0.05) is 24.4 Å². The lowest BCUT2D eigenvalue weighted by molar-refractivity contribution is -0.124. The van der Waals surface area contributed by atoms with Crippen molar-refractivity contribution in [2.24, 2.45) is 0 Å². The lowest BCUT2D eigenvalue weighted by atomic mass is 9.98. The number of benzene rings is 3. The molecule has 4 aromatic rings. The normalized spacial score (nSPS) is 14.3. The highest BCUT2D eigenvalue weighted by Gasteiger charge is 2.32. The topological polar surface area (TPSA) is 105 Å². The van der Waals surface area contributed by atoms with Crippen molar-refractivity contribution < 1.29 is 28.5 Å². The number of aryl methyl sites for hydroxylation is 2. The lowest BCUT2D eigenvalue weighted by Gasteiger charge is -2.23. The van der Waals surface area contributed by atoms with Crippen molar-refractivity contribution in [1.82, 2.24) is 9.88 Å². The third kappa shape index (κ3) is 4.55. The van der Waals surface area contributed by atoms with Crippen molar-refractivity contribution >= 4 is 22.6 Å². The Morgan fingerprint density at radius 3 is 2.42 bits per heavy atom. The molecule has 0 bridgehead atoms. The van der Waals surface area contributed by atoms with Gasteiger partial charge < -0.3 is 28.8 Å². The van der Waals surface area contributed by atoms with Crippen LogP contribution in [0.25, 0.3) is 10.9 Å². The molecule has 0 saturated carbocycles. The van der Waals surface area contributed by atoms with Crippen molar-refractivity contribution in [3.8, 4) is 11.5 Å². The number of nitrogens with one attached hydrogen (secondary N) is 1. The molecule has 0 radical (unpaired) electrons. The molecule has 40 heavy (non-hydrogen) atoms. The van der Waals surface area contributed by atoms with Gasteiger partial charge in [0.15, 0.2) is 29.1 Å².